The van der Waals surface area contributed by atoms with Crippen LogP contribution in [0, 0.1) is 5.92 Å². The number of hydrogen-bond acceptors (Lipinski definition) is 2. The van der Waals surface area contributed by atoms with Crippen molar-refractivity contribution in [1.82, 2.24) is 4.90 Å². The summed E-state index contributed by atoms with van der Waals surface area (Å²) in [6.07, 6.45) is 4.15. The topological polar surface area (TPSA) is 29.3 Å². The van der Waals surface area contributed by atoms with Gasteiger partial charge in [0.05, 0.1) is 0 Å². The average Bonchev–Trinajstić information content (AvgIpc) is 2.36. The van der Waals surface area contributed by atoms with Crippen molar-refractivity contribution in [3.8, 4) is 0 Å². The maximum atomic E-state index is 5.49. The second-order valence-corrected chi connectivity index (χ2v) is 3.84. The van der Waals surface area contributed by atoms with Crippen molar-refractivity contribution in [2.45, 2.75) is 32.2 Å². The van der Waals surface area contributed by atoms with E-state index < -0.39 is 0 Å². The summed E-state index contributed by atoms with van der Waals surface area (Å²) in [5, 5.41) is 0. The van der Waals surface area contributed by atoms with Crippen molar-refractivity contribution >= 4 is 0 Å². The molecule has 0 aliphatic heterocycles. The highest BCUT2D eigenvalue weighted by molar-refractivity contribution is 4.79. The molecule has 1 saturated carbocycles. The number of nitrogens with two attached hydrogens (primary N) is 1. The molecule has 0 spiro atoms. The van der Waals surface area contributed by atoms with Crippen LogP contribution < -0.4 is 5.73 Å². The summed E-state index contributed by atoms with van der Waals surface area (Å²) in [7, 11) is 2.19. The van der Waals surface area contributed by atoms with E-state index in [4.69, 9.17) is 5.73 Å². The average molecular weight is 156 g/mol. The van der Waals surface area contributed by atoms with Crippen LogP contribution in [-0.2, 0) is 0 Å². The standard InChI is InChI=1S/C9H20N2/c1-8-3-4-9(7-8)11(2)6-5-10/h8-9H,3-7,10H2,1-2H3. The van der Waals surface area contributed by atoms with Crippen molar-refractivity contribution in [2.75, 3.05) is 20.1 Å². The minimum Gasteiger partial charge on any atom is -0.329 e. The van der Waals surface area contributed by atoms with E-state index in [1.54, 1.807) is 0 Å². The van der Waals surface area contributed by atoms with E-state index in [1.807, 2.05) is 0 Å². The maximum absolute atomic E-state index is 5.49. The molecule has 1 aliphatic rings. The van der Waals surface area contributed by atoms with Gasteiger partial charge in [-0.15, -0.1) is 0 Å². The SMILES string of the molecule is CC1CCC(N(C)CCN)C1. The fourth-order valence-electron chi connectivity index (χ4n) is 1.96. The Hall–Kier alpha value is -0.0800. The lowest BCUT2D eigenvalue weighted by atomic mass is 10.1. The summed E-state index contributed by atoms with van der Waals surface area (Å²) in [6.45, 7) is 4.19. The van der Waals surface area contributed by atoms with Gasteiger partial charge in [0.25, 0.3) is 0 Å². The third-order valence-electron chi connectivity index (χ3n) is 2.77. The number of hydrogen-bond donors (Lipinski definition) is 1. The van der Waals surface area contributed by atoms with E-state index in [2.05, 4.69) is 18.9 Å². The third kappa shape index (κ3) is 2.46. The Labute approximate surface area is 69.8 Å². The van der Waals surface area contributed by atoms with Gasteiger partial charge in [-0.05, 0) is 32.2 Å². The highest BCUT2D eigenvalue weighted by Crippen LogP contribution is 2.27. The molecule has 2 heteroatoms. The molecule has 1 fully saturated rings. The summed E-state index contributed by atoms with van der Waals surface area (Å²) in [6, 6.07) is 0.813. The summed E-state index contributed by atoms with van der Waals surface area (Å²) in [5.41, 5.74) is 5.49. The fraction of sp³-hybridized carbons (Fsp3) is 1.00. The van der Waals surface area contributed by atoms with Gasteiger partial charge < -0.3 is 10.6 Å². The minimum absolute atomic E-state index is 0.793. The molecule has 2 unspecified atom stereocenters. The molecule has 0 bridgehead atoms. The molecule has 0 amide bonds. The van der Waals surface area contributed by atoms with Crippen LogP contribution in [0.5, 0.6) is 0 Å². The lowest BCUT2D eigenvalue weighted by Gasteiger charge is -2.23. The molecule has 0 heterocycles. The van der Waals surface area contributed by atoms with E-state index in [1.165, 1.54) is 19.3 Å². The Kier molecular flexibility index (Phi) is 3.34. The van der Waals surface area contributed by atoms with Crippen LogP contribution in [0.1, 0.15) is 26.2 Å². The van der Waals surface area contributed by atoms with Crippen LogP contribution in [-0.4, -0.2) is 31.1 Å². The molecule has 1 aliphatic carbocycles. The zero-order chi connectivity index (χ0) is 8.27. The van der Waals surface area contributed by atoms with E-state index in [0.717, 1.165) is 25.0 Å². The summed E-state index contributed by atoms with van der Waals surface area (Å²) in [5.74, 6) is 0.931. The summed E-state index contributed by atoms with van der Waals surface area (Å²) >= 11 is 0. The van der Waals surface area contributed by atoms with E-state index in [-0.39, 0.29) is 0 Å². The molecule has 66 valence electrons. The van der Waals surface area contributed by atoms with Gasteiger partial charge in [0, 0.05) is 19.1 Å². The number of nitrogens with zero attached hydrogens (tertiary/aromatic N) is 1. The minimum atomic E-state index is 0.793. The number of likely N-dealkylation sites (N-methyl/N-ethyl adjacent to an activating group) is 1. The molecule has 0 saturated heterocycles. The van der Waals surface area contributed by atoms with E-state index >= 15 is 0 Å². The first-order chi connectivity index (χ1) is 5.24. The van der Waals surface area contributed by atoms with Gasteiger partial charge in [-0.3, -0.25) is 0 Å². The van der Waals surface area contributed by atoms with Gasteiger partial charge in [0.1, 0.15) is 0 Å². The molecule has 0 aromatic rings. The highest BCUT2D eigenvalue weighted by Gasteiger charge is 2.23. The normalized spacial score (nSPS) is 31.6. The molecule has 1 rings (SSSR count). The molecule has 11 heavy (non-hydrogen) atoms. The van der Waals surface area contributed by atoms with Crippen molar-refractivity contribution in [1.29, 1.82) is 0 Å². The van der Waals surface area contributed by atoms with Crippen LogP contribution in [0.4, 0.5) is 0 Å². The molecule has 0 aromatic heterocycles. The molecule has 0 aromatic carbocycles. The lowest BCUT2D eigenvalue weighted by Crippen LogP contribution is -2.33. The van der Waals surface area contributed by atoms with Crippen LogP contribution in [0.2, 0.25) is 0 Å². The Morgan fingerprint density at radius 3 is 2.64 bits per heavy atom. The quantitative estimate of drug-likeness (QED) is 0.662. The predicted molar refractivity (Wildman–Crippen MR) is 48.5 cm³/mol. The van der Waals surface area contributed by atoms with Crippen LogP contribution in [0.15, 0.2) is 0 Å². The molecule has 2 atom stereocenters. The molecule has 2 nitrogen and oxygen atoms in total. The first kappa shape index (κ1) is 9.01. The second-order valence-electron chi connectivity index (χ2n) is 3.84. The van der Waals surface area contributed by atoms with Gasteiger partial charge >= 0.3 is 0 Å². The lowest BCUT2D eigenvalue weighted by molar-refractivity contribution is 0.248. The smallest absolute Gasteiger partial charge is 0.0104 e. The van der Waals surface area contributed by atoms with Crippen molar-refractivity contribution in [3.05, 3.63) is 0 Å². The fourth-order valence-corrected chi connectivity index (χ4v) is 1.96. The van der Waals surface area contributed by atoms with Gasteiger partial charge in [0.15, 0.2) is 0 Å². The largest absolute Gasteiger partial charge is 0.329 e. The van der Waals surface area contributed by atoms with Gasteiger partial charge in [0.2, 0.25) is 0 Å². The van der Waals surface area contributed by atoms with Crippen molar-refractivity contribution < 1.29 is 0 Å². The molecular weight excluding hydrogens is 136 g/mol. The van der Waals surface area contributed by atoms with Gasteiger partial charge in [-0.2, -0.15) is 0 Å². The Balaban J connectivity index is 2.25. The first-order valence-electron chi connectivity index (χ1n) is 4.64. The molecule has 0 radical (unpaired) electrons. The summed E-state index contributed by atoms with van der Waals surface area (Å²) in [4.78, 5) is 2.41. The highest BCUT2D eigenvalue weighted by atomic mass is 15.1. The van der Waals surface area contributed by atoms with Gasteiger partial charge in [-0.25, -0.2) is 0 Å². The van der Waals surface area contributed by atoms with Crippen molar-refractivity contribution in [2.24, 2.45) is 11.7 Å². The zero-order valence-electron chi connectivity index (χ0n) is 7.71. The summed E-state index contributed by atoms with van der Waals surface area (Å²) < 4.78 is 0. The monoisotopic (exact) mass is 156 g/mol. The second kappa shape index (κ2) is 4.07. The predicted octanol–water partition coefficient (Wildman–Crippen LogP) is 1.07. The maximum Gasteiger partial charge on any atom is 0.0104 e. The Morgan fingerprint density at radius 2 is 2.18 bits per heavy atom. The first-order valence-corrected chi connectivity index (χ1v) is 4.64. The van der Waals surface area contributed by atoms with Crippen LogP contribution >= 0.6 is 0 Å². The molecular formula is C9H20N2. The third-order valence-corrected chi connectivity index (χ3v) is 2.77. The van der Waals surface area contributed by atoms with Crippen LogP contribution in [0.3, 0.4) is 0 Å². The van der Waals surface area contributed by atoms with Crippen molar-refractivity contribution in [3.63, 3.8) is 0 Å². The zero-order valence-corrected chi connectivity index (χ0v) is 7.71. The number of rotatable bonds is 3. The van der Waals surface area contributed by atoms with E-state index in [9.17, 15) is 0 Å². The molecule has 2 N–H and O–H groups in total. The van der Waals surface area contributed by atoms with E-state index in [0.29, 0.717) is 0 Å². The van der Waals surface area contributed by atoms with Gasteiger partial charge in [-0.1, -0.05) is 6.92 Å². The Bertz CT molecular complexity index is 114. The van der Waals surface area contributed by atoms with Crippen LogP contribution in [0.25, 0.3) is 0 Å². The Morgan fingerprint density at radius 1 is 1.45 bits per heavy atom.